The Bertz CT molecular complexity index is 563. The van der Waals surface area contributed by atoms with Gasteiger partial charge in [-0.15, -0.1) is 0 Å². The van der Waals surface area contributed by atoms with Crippen LogP contribution in [0.4, 0.5) is 8.78 Å². The summed E-state index contributed by atoms with van der Waals surface area (Å²) in [5.74, 6) is 0.200. The number of rotatable bonds is 6. The van der Waals surface area contributed by atoms with Gasteiger partial charge in [-0.3, -0.25) is 4.98 Å². The molecule has 0 bridgehead atoms. The van der Waals surface area contributed by atoms with Crippen LogP contribution in [-0.2, 0) is 0 Å². The third kappa shape index (κ3) is 4.23. The second-order valence-corrected chi connectivity index (χ2v) is 4.81. The number of ether oxygens (including phenoxy) is 1. The van der Waals surface area contributed by atoms with Crippen LogP contribution >= 0.6 is 0 Å². The molecule has 21 heavy (non-hydrogen) atoms. The first-order valence-electron chi connectivity index (χ1n) is 6.77. The van der Waals surface area contributed by atoms with Gasteiger partial charge >= 0.3 is 6.61 Å². The third-order valence-electron chi connectivity index (χ3n) is 3.29. The van der Waals surface area contributed by atoms with Gasteiger partial charge in [-0.1, -0.05) is 24.3 Å². The van der Waals surface area contributed by atoms with Crippen LogP contribution in [0, 0.1) is 0 Å². The first kappa shape index (κ1) is 15.4. The summed E-state index contributed by atoms with van der Waals surface area (Å²) in [5, 5.41) is 3.36. The predicted octanol–water partition coefficient (Wildman–Crippen LogP) is 4.09. The fraction of sp³-hybridized carbons (Fsp3) is 0.312. The topological polar surface area (TPSA) is 34.2 Å². The second kappa shape index (κ2) is 7.13. The smallest absolute Gasteiger partial charge is 0.387 e. The molecule has 1 unspecified atom stereocenters. The summed E-state index contributed by atoms with van der Waals surface area (Å²) in [6.07, 6.45) is 3.50. The fourth-order valence-electron chi connectivity index (χ4n) is 2.23. The lowest BCUT2D eigenvalue weighted by atomic mass is 10.0. The first-order chi connectivity index (χ1) is 10.1. The van der Waals surface area contributed by atoms with E-state index < -0.39 is 6.61 Å². The monoisotopic (exact) mass is 292 g/mol. The number of pyridine rings is 1. The van der Waals surface area contributed by atoms with Crippen molar-refractivity contribution in [3.05, 3.63) is 59.9 Å². The van der Waals surface area contributed by atoms with Gasteiger partial charge in [-0.25, -0.2) is 0 Å². The molecular formula is C16H18F2N2O. The molecule has 1 heterocycles. The number of alkyl halides is 2. The zero-order valence-electron chi connectivity index (χ0n) is 12.0. The van der Waals surface area contributed by atoms with Gasteiger partial charge in [0.15, 0.2) is 0 Å². The van der Waals surface area contributed by atoms with Crippen molar-refractivity contribution in [2.75, 3.05) is 0 Å². The molecule has 1 N–H and O–H groups in total. The number of hydrogen-bond acceptors (Lipinski definition) is 3. The summed E-state index contributed by atoms with van der Waals surface area (Å²) in [6, 6.07) is 10.6. The van der Waals surface area contributed by atoms with Crippen LogP contribution in [-0.4, -0.2) is 11.6 Å². The maximum absolute atomic E-state index is 12.4. The maximum Gasteiger partial charge on any atom is 0.387 e. The van der Waals surface area contributed by atoms with Gasteiger partial charge in [0.2, 0.25) is 0 Å². The molecule has 2 atom stereocenters. The van der Waals surface area contributed by atoms with E-state index in [0.717, 1.165) is 5.56 Å². The molecule has 1 aromatic heterocycles. The van der Waals surface area contributed by atoms with E-state index in [1.165, 1.54) is 0 Å². The normalized spacial score (nSPS) is 14.0. The Hall–Kier alpha value is -2.01. The van der Waals surface area contributed by atoms with Gasteiger partial charge in [0, 0.05) is 30.0 Å². The van der Waals surface area contributed by atoms with E-state index in [9.17, 15) is 8.78 Å². The average molecular weight is 292 g/mol. The predicted molar refractivity (Wildman–Crippen MR) is 77.3 cm³/mol. The first-order valence-corrected chi connectivity index (χ1v) is 6.77. The summed E-state index contributed by atoms with van der Waals surface area (Å²) in [6.45, 7) is 1.10. The molecule has 0 aliphatic heterocycles. The van der Waals surface area contributed by atoms with Crippen LogP contribution in [0.25, 0.3) is 0 Å². The molecule has 2 aromatic rings. The highest BCUT2D eigenvalue weighted by Gasteiger charge is 2.16. The van der Waals surface area contributed by atoms with Crippen LogP contribution in [0.15, 0.2) is 48.8 Å². The lowest BCUT2D eigenvalue weighted by Crippen LogP contribution is -2.23. The summed E-state index contributed by atoms with van der Waals surface area (Å²) < 4.78 is 29.4. The van der Waals surface area contributed by atoms with Crippen molar-refractivity contribution in [2.45, 2.75) is 32.5 Å². The Kier molecular flexibility index (Phi) is 5.22. The van der Waals surface area contributed by atoms with Crippen molar-refractivity contribution in [3.8, 4) is 5.75 Å². The highest BCUT2D eigenvalue weighted by Crippen LogP contribution is 2.28. The van der Waals surface area contributed by atoms with Crippen molar-refractivity contribution in [1.29, 1.82) is 0 Å². The number of nitrogens with one attached hydrogen (secondary N) is 1. The van der Waals surface area contributed by atoms with Gasteiger partial charge in [-0.2, -0.15) is 8.78 Å². The molecular weight excluding hydrogens is 274 g/mol. The average Bonchev–Trinajstić information content (AvgIpc) is 2.48. The third-order valence-corrected chi connectivity index (χ3v) is 3.29. The lowest BCUT2D eigenvalue weighted by molar-refractivity contribution is -0.0506. The fourth-order valence-corrected chi connectivity index (χ4v) is 2.23. The number of benzene rings is 1. The minimum Gasteiger partial charge on any atom is -0.434 e. The Morgan fingerprint density at radius 2 is 1.81 bits per heavy atom. The zero-order valence-corrected chi connectivity index (χ0v) is 12.0. The minimum atomic E-state index is -2.82. The molecule has 3 nitrogen and oxygen atoms in total. The number of aromatic nitrogens is 1. The maximum atomic E-state index is 12.4. The van der Waals surface area contributed by atoms with Gasteiger partial charge in [0.1, 0.15) is 5.75 Å². The quantitative estimate of drug-likeness (QED) is 0.870. The molecule has 0 radical (unpaired) electrons. The van der Waals surface area contributed by atoms with Gasteiger partial charge in [0.25, 0.3) is 0 Å². The Morgan fingerprint density at radius 1 is 1.05 bits per heavy atom. The number of nitrogens with zero attached hydrogens (tertiary/aromatic N) is 1. The SMILES string of the molecule is CC(N[C@H](C)c1cccnc1)c1ccccc1OC(F)F. The molecule has 0 saturated carbocycles. The van der Waals surface area contributed by atoms with Crippen LogP contribution < -0.4 is 10.1 Å². The van der Waals surface area contributed by atoms with E-state index in [1.807, 2.05) is 26.0 Å². The molecule has 0 fully saturated rings. The molecule has 5 heteroatoms. The van der Waals surface area contributed by atoms with Crippen LogP contribution in [0.5, 0.6) is 5.75 Å². The van der Waals surface area contributed by atoms with E-state index in [2.05, 4.69) is 15.0 Å². The van der Waals surface area contributed by atoms with E-state index >= 15 is 0 Å². The number of para-hydroxylation sites is 1. The largest absolute Gasteiger partial charge is 0.434 e. The zero-order chi connectivity index (χ0) is 15.2. The number of halogens is 2. The lowest BCUT2D eigenvalue weighted by Gasteiger charge is -2.22. The summed E-state index contributed by atoms with van der Waals surface area (Å²) >= 11 is 0. The molecule has 0 aliphatic carbocycles. The standard InChI is InChI=1S/C16H18F2N2O/c1-11(13-6-5-9-19-10-13)20-12(2)14-7-3-4-8-15(14)21-16(17)18/h3-12,16,20H,1-2H3/t11-,12?/m1/s1. The Morgan fingerprint density at radius 3 is 2.48 bits per heavy atom. The minimum absolute atomic E-state index is 0.0494. The molecule has 1 aromatic carbocycles. The van der Waals surface area contributed by atoms with Crippen molar-refractivity contribution < 1.29 is 13.5 Å². The molecule has 0 spiro atoms. The summed E-state index contributed by atoms with van der Waals surface area (Å²) in [5.41, 5.74) is 1.74. The number of hydrogen-bond donors (Lipinski definition) is 1. The van der Waals surface area contributed by atoms with Crippen LogP contribution in [0.3, 0.4) is 0 Å². The highest BCUT2D eigenvalue weighted by molar-refractivity contribution is 5.36. The van der Waals surface area contributed by atoms with Crippen LogP contribution in [0.1, 0.15) is 37.1 Å². The Balaban J connectivity index is 2.11. The van der Waals surface area contributed by atoms with Gasteiger partial charge in [-0.05, 0) is 31.5 Å². The van der Waals surface area contributed by atoms with E-state index in [-0.39, 0.29) is 17.8 Å². The molecule has 0 aliphatic rings. The van der Waals surface area contributed by atoms with Gasteiger partial charge < -0.3 is 10.1 Å². The van der Waals surface area contributed by atoms with E-state index in [0.29, 0.717) is 5.56 Å². The van der Waals surface area contributed by atoms with Crippen molar-refractivity contribution in [3.63, 3.8) is 0 Å². The summed E-state index contributed by atoms with van der Waals surface area (Å²) in [4.78, 5) is 4.08. The van der Waals surface area contributed by atoms with Gasteiger partial charge in [0.05, 0.1) is 0 Å². The van der Waals surface area contributed by atoms with Crippen molar-refractivity contribution >= 4 is 0 Å². The van der Waals surface area contributed by atoms with Crippen LogP contribution in [0.2, 0.25) is 0 Å². The van der Waals surface area contributed by atoms with E-state index in [4.69, 9.17) is 0 Å². The summed E-state index contributed by atoms with van der Waals surface area (Å²) in [7, 11) is 0. The van der Waals surface area contributed by atoms with Crippen molar-refractivity contribution in [1.82, 2.24) is 10.3 Å². The Labute approximate surface area is 123 Å². The van der Waals surface area contributed by atoms with E-state index in [1.54, 1.807) is 36.7 Å². The second-order valence-electron chi connectivity index (χ2n) is 4.81. The molecule has 2 rings (SSSR count). The molecule has 112 valence electrons. The van der Waals surface area contributed by atoms with Crippen molar-refractivity contribution in [2.24, 2.45) is 0 Å². The molecule has 0 saturated heterocycles. The molecule has 0 amide bonds. The highest BCUT2D eigenvalue weighted by atomic mass is 19.3.